The first kappa shape index (κ1) is 11.2. The van der Waals surface area contributed by atoms with E-state index in [9.17, 15) is 0 Å². The number of ether oxygens (including phenoxy) is 1. The minimum atomic E-state index is 0.608. The second-order valence-corrected chi connectivity index (χ2v) is 4.55. The summed E-state index contributed by atoms with van der Waals surface area (Å²) in [5.74, 6) is 0.685. The summed E-state index contributed by atoms with van der Waals surface area (Å²) in [5.41, 5.74) is 2.79. The molecule has 5 heteroatoms. The zero-order valence-corrected chi connectivity index (χ0v) is 10.3. The molecule has 0 atom stereocenters. The van der Waals surface area contributed by atoms with Crippen LogP contribution in [0.15, 0.2) is 29.9 Å². The largest absolute Gasteiger partial charge is 0.495 e. The van der Waals surface area contributed by atoms with Crippen LogP contribution in [0.3, 0.4) is 0 Å². The van der Waals surface area contributed by atoms with E-state index in [1.165, 1.54) is 4.88 Å². The molecule has 0 saturated carbocycles. The number of hydrogen-bond acceptors (Lipinski definition) is 4. The van der Waals surface area contributed by atoms with Gasteiger partial charge in [0.2, 0.25) is 0 Å². The fourth-order valence-electron chi connectivity index (χ4n) is 1.29. The first-order chi connectivity index (χ1) is 7.79. The van der Waals surface area contributed by atoms with Gasteiger partial charge in [-0.3, -0.25) is 4.98 Å². The number of halogens is 1. The minimum absolute atomic E-state index is 0.608. The molecule has 0 bridgehead atoms. The molecular formula is C11H11ClN2OS. The van der Waals surface area contributed by atoms with Gasteiger partial charge in [0, 0.05) is 16.8 Å². The van der Waals surface area contributed by atoms with Crippen LogP contribution in [-0.4, -0.2) is 12.1 Å². The van der Waals surface area contributed by atoms with Crippen molar-refractivity contribution in [3.63, 3.8) is 0 Å². The summed E-state index contributed by atoms with van der Waals surface area (Å²) in [4.78, 5) is 5.20. The fraction of sp³-hybridized carbons (Fsp3) is 0.182. The van der Waals surface area contributed by atoms with Gasteiger partial charge in [-0.25, -0.2) is 0 Å². The van der Waals surface area contributed by atoms with Crippen molar-refractivity contribution >= 4 is 28.6 Å². The Morgan fingerprint density at radius 2 is 2.38 bits per heavy atom. The van der Waals surface area contributed by atoms with E-state index >= 15 is 0 Å². The van der Waals surface area contributed by atoms with Crippen molar-refractivity contribution in [1.29, 1.82) is 0 Å². The summed E-state index contributed by atoms with van der Waals surface area (Å²) < 4.78 is 5.08. The topological polar surface area (TPSA) is 34.1 Å². The van der Waals surface area contributed by atoms with Gasteiger partial charge in [0.05, 0.1) is 24.2 Å². The van der Waals surface area contributed by atoms with Crippen molar-refractivity contribution in [3.05, 3.63) is 39.8 Å². The lowest BCUT2D eigenvalue weighted by Gasteiger charge is -2.07. The Bertz CT molecular complexity index is 459. The van der Waals surface area contributed by atoms with E-state index in [0.717, 1.165) is 12.2 Å². The number of rotatable bonds is 4. The molecule has 0 aliphatic rings. The Morgan fingerprint density at radius 1 is 1.50 bits per heavy atom. The highest BCUT2D eigenvalue weighted by molar-refractivity contribution is 7.09. The summed E-state index contributed by atoms with van der Waals surface area (Å²) in [6.45, 7) is 0.757. The monoisotopic (exact) mass is 254 g/mol. The van der Waals surface area contributed by atoms with Gasteiger partial charge in [-0.05, 0) is 18.2 Å². The zero-order chi connectivity index (χ0) is 11.4. The molecule has 1 heterocycles. The third kappa shape index (κ3) is 2.65. The molecule has 1 aromatic heterocycles. The Hall–Kier alpha value is -1.26. The fourth-order valence-corrected chi connectivity index (χ4v) is 2.09. The lowest BCUT2D eigenvalue weighted by molar-refractivity contribution is 0.415. The standard InChI is InChI=1S/C11H11ClN2OS/c1-15-11-3-2-8(4-10(11)12)14-6-9-5-13-7-16-9/h2-5,7,14H,6H2,1H3. The van der Waals surface area contributed by atoms with Crippen molar-refractivity contribution < 1.29 is 4.74 Å². The quantitative estimate of drug-likeness (QED) is 0.908. The number of nitrogens with one attached hydrogen (secondary N) is 1. The highest BCUT2D eigenvalue weighted by Crippen LogP contribution is 2.27. The normalized spacial score (nSPS) is 10.1. The van der Waals surface area contributed by atoms with E-state index in [1.807, 2.05) is 29.9 Å². The molecule has 3 nitrogen and oxygen atoms in total. The van der Waals surface area contributed by atoms with E-state index in [0.29, 0.717) is 10.8 Å². The smallest absolute Gasteiger partial charge is 0.137 e. The first-order valence-corrected chi connectivity index (χ1v) is 6.00. The van der Waals surface area contributed by atoms with Gasteiger partial charge in [0.25, 0.3) is 0 Å². The second kappa shape index (κ2) is 5.18. The van der Waals surface area contributed by atoms with E-state index in [4.69, 9.17) is 16.3 Å². The second-order valence-electron chi connectivity index (χ2n) is 3.17. The molecule has 0 aliphatic heterocycles. The average Bonchev–Trinajstić information content (AvgIpc) is 2.79. The number of nitrogens with zero attached hydrogens (tertiary/aromatic N) is 1. The van der Waals surface area contributed by atoms with Crippen LogP contribution in [0.25, 0.3) is 0 Å². The van der Waals surface area contributed by atoms with Crippen LogP contribution in [0.1, 0.15) is 4.88 Å². The van der Waals surface area contributed by atoms with Crippen molar-refractivity contribution in [2.24, 2.45) is 0 Å². The molecule has 0 amide bonds. The van der Waals surface area contributed by atoms with Gasteiger partial charge >= 0.3 is 0 Å². The lowest BCUT2D eigenvalue weighted by Crippen LogP contribution is -1.97. The summed E-state index contributed by atoms with van der Waals surface area (Å²) in [7, 11) is 1.60. The molecule has 0 radical (unpaired) electrons. The summed E-state index contributed by atoms with van der Waals surface area (Å²) in [5, 5.41) is 3.88. The molecule has 84 valence electrons. The zero-order valence-electron chi connectivity index (χ0n) is 8.74. The third-order valence-electron chi connectivity index (χ3n) is 2.10. The maximum atomic E-state index is 6.02. The number of hydrogen-bond donors (Lipinski definition) is 1. The van der Waals surface area contributed by atoms with Crippen LogP contribution in [0.4, 0.5) is 5.69 Å². The number of benzene rings is 1. The molecule has 0 aliphatic carbocycles. The molecule has 1 N–H and O–H groups in total. The molecule has 0 unspecified atom stereocenters. The number of thiazole rings is 1. The van der Waals surface area contributed by atoms with Crippen molar-refractivity contribution in [2.45, 2.75) is 6.54 Å². The van der Waals surface area contributed by atoms with Gasteiger partial charge in [-0.2, -0.15) is 0 Å². The Balaban J connectivity index is 2.02. The highest BCUT2D eigenvalue weighted by atomic mass is 35.5. The summed E-state index contributed by atoms with van der Waals surface area (Å²) in [6, 6.07) is 5.63. The SMILES string of the molecule is COc1ccc(NCc2cncs2)cc1Cl. The predicted molar refractivity (Wildman–Crippen MR) is 67.4 cm³/mol. The molecule has 16 heavy (non-hydrogen) atoms. The maximum Gasteiger partial charge on any atom is 0.137 e. The summed E-state index contributed by atoms with van der Waals surface area (Å²) in [6.07, 6.45) is 1.85. The van der Waals surface area contributed by atoms with E-state index in [1.54, 1.807) is 18.4 Å². The van der Waals surface area contributed by atoms with Gasteiger partial charge in [0.1, 0.15) is 5.75 Å². The molecular weight excluding hydrogens is 244 g/mol. The number of methoxy groups -OCH3 is 1. The average molecular weight is 255 g/mol. The molecule has 0 fully saturated rings. The molecule has 0 saturated heterocycles. The Kier molecular flexibility index (Phi) is 3.64. The van der Waals surface area contributed by atoms with Gasteiger partial charge < -0.3 is 10.1 Å². The van der Waals surface area contributed by atoms with Crippen LogP contribution < -0.4 is 10.1 Å². The van der Waals surface area contributed by atoms with Crippen LogP contribution >= 0.6 is 22.9 Å². The van der Waals surface area contributed by atoms with E-state index in [-0.39, 0.29) is 0 Å². The van der Waals surface area contributed by atoms with E-state index in [2.05, 4.69) is 10.3 Å². The highest BCUT2D eigenvalue weighted by Gasteiger charge is 2.01. The summed E-state index contributed by atoms with van der Waals surface area (Å²) >= 11 is 7.64. The van der Waals surface area contributed by atoms with Crippen molar-refractivity contribution in [3.8, 4) is 5.75 Å². The maximum absolute atomic E-state index is 6.02. The Labute approximate surface area is 103 Å². The molecule has 1 aromatic carbocycles. The van der Waals surface area contributed by atoms with Crippen molar-refractivity contribution in [2.75, 3.05) is 12.4 Å². The van der Waals surface area contributed by atoms with Gasteiger partial charge in [0.15, 0.2) is 0 Å². The van der Waals surface area contributed by atoms with Gasteiger partial charge in [-0.15, -0.1) is 11.3 Å². The van der Waals surface area contributed by atoms with Gasteiger partial charge in [-0.1, -0.05) is 11.6 Å². The molecule has 0 spiro atoms. The lowest BCUT2D eigenvalue weighted by atomic mass is 10.3. The van der Waals surface area contributed by atoms with Crippen LogP contribution in [0.2, 0.25) is 5.02 Å². The Morgan fingerprint density at radius 3 is 3.00 bits per heavy atom. The number of aromatic nitrogens is 1. The van der Waals surface area contributed by atoms with Crippen LogP contribution in [-0.2, 0) is 6.54 Å². The number of anilines is 1. The van der Waals surface area contributed by atoms with Crippen LogP contribution in [0, 0.1) is 0 Å². The molecule has 2 rings (SSSR count). The molecule has 2 aromatic rings. The predicted octanol–water partition coefficient (Wildman–Crippen LogP) is 3.42. The minimum Gasteiger partial charge on any atom is -0.495 e. The first-order valence-electron chi connectivity index (χ1n) is 4.74. The van der Waals surface area contributed by atoms with Crippen LogP contribution in [0.5, 0.6) is 5.75 Å². The van der Waals surface area contributed by atoms with E-state index < -0.39 is 0 Å². The van der Waals surface area contributed by atoms with Crippen molar-refractivity contribution in [1.82, 2.24) is 4.98 Å². The third-order valence-corrected chi connectivity index (χ3v) is 3.18.